The zero-order valence-corrected chi connectivity index (χ0v) is 21.8. The molecule has 0 spiro atoms. The highest BCUT2D eigenvalue weighted by molar-refractivity contribution is 6.30. The lowest BCUT2D eigenvalue weighted by Crippen LogP contribution is -2.63. The maximum atomic E-state index is 14.2. The number of aliphatic hydroxyl groups is 1. The molecule has 1 fully saturated rings. The largest absolute Gasteiger partial charge is 0.508 e. The number of fused-ring (bicyclic) bond motifs is 2. The summed E-state index contributed by atoms with van der Waals surface area (Å²) in [7, 11) is 0. The van der Waals surface area contributed by atoms with Crippen molar-refractivity contribution in [2.24, 2.45) is 11.3 Å². The molecular formula is C26H32Cl2O6. The van der Waals surface area contributed by atoms with Gasteiger partial charge in [0, 0.05) is 22.1 Å². The summed E-state index contributed by atoms with van der Waals surface area (Å²) in [5.41, 5.74) is -4.65. The molecule has 1 unspecified atom stereocenters. The molecule has 34 heavy (non-hydrogen) atoms. The van der Waals surface area contributed by atoms with Crippen LogP contribution in [-0.4, -0.2) is 54.4 Å². The number of Topliss-reactive ketones (excluding diaryl/α,β-unsaturated/α-hetero) is 2. The highest BCUT2D eigenvalue weighted by Gasteiger charge is 2.62. The van der Waals surface area contributed by atoms with E-state index in [0.717, 1.165) is 0 Å². The number of aromatic hydroxyl groups is 2. The van der Waals surface area contributed by atoms with E-state index in [1.807, 2.05) is 13.8 Å². The average Bonchev–Trinajstić information content (AvgIpc) is 2.73. The molecule has 1 heterocycles. The van der Waals surface area contributed by atoms with E-state index in [2.05, 4.69) is 0 Å². The standard InChI is InChI=1S/C26H32Cl2O6/c1-12-15(29)9-13-19(20(12)30)21(31)14-10-18(28)24(4,5)34-26(14,22(13)32)11-16-23(2,3)17(27)7-8-25(16,6)33/h9-10,16-18,29-30,33H,7-8,11H2,1-6H3/t16-,17?,18+,25-,26+/m0/s1. The van der Waals surface area contributed by atoms with Gasteiger partial charge < -0.3 is 20.1 Å². The zero-order chi connectivity index (χ0) is 25.6. The molecule has 0 radical (unpaired) electrons. The number of alkyl halides is 2. The molecule has 0 bridgehead atoms. The van der Waals surface area contributed by atoms with Crippen LogP contribution in [0.4, 0.5) is 0 Å². The third-order valence-corrected chi connectivity index (χ3v) is 9.74. The number of hydrogen-bond donors (Lipinski definition) is 3. The lowest BCUT2D eigenvalue weighted by molar-refractivity contribution is -0.152. The van der Waals surface area contributed by atoms with Crippen LogP contribution in [0, 0.1) is 18.3 Å². The van der Waals surface area contributed by atoms with E-state index in [4.69, 9.17) is 27.9 Å². The van der Waals surface area contributed by atoms with Gasteiger partial charge in [-0.25, -0.2) is 0 Å². The van der Waals surface area contributed by atoms with Gasteiger partial charge in [0.15, 0.2) is 17.2 Å². The Labute approximate surface area is 209 Å². The van der Waals surface area contributed by atoms with E-state index in [-0.39, 0.29) is 39.8 Å². The number of benzene rings is 1. The summed E-state index contributed by atoms with van der Waals surface area (Å²) >= 11 is 13.3. The van der Waals surface area contributed by atoms with E-state index in [0.29, 0.717) is 12.8 Å². The van der Waals surface area contributed by atoms with Crippen LogP contribution in [0.1, 0.15) is 80.2 Å². The Bertz CT molecular complexity index is 1120. The SMILES string of the molecule is Cc1c(O)cc2c(c1O)C(=O)C1=C[C@@H](Cl)C(C)(C)O[C@@]1(C[C@H]1C(C)(C)C(Cl)CC[C@]1(C)O)C2=O. The van der Waals surface area contributed by atoms with Crippen molar-refractivity contribution in [3.8, 4) is 11.5 Å². The van der Waals surface area contributed by atoms with Gasteiger partial charge in [0.25, 0.3) is 0 Å². The number of hydrogen-bond acceptors (Lipinski definition) is 6. The molecule has 1 aromatic carbocycles. The van der Waals surface area contributed by atoms with Crippen LogP contribution in [0.3, 0.4) is 0 Å². The molecule has 2 aliphatic carbocycles. The summed E-state index contributed by atoms with van der Waals surface area (Å²) in [6.45, 7) is 10.6. The second-order valence-corrected chi connectivity index (χ2v) is 12.4. The van der Waals surface area contributed by atoms with Gasteiger partial charge in [0.05, 0.1) is 22.1 Å². The highest BCUT2D eigenvalue weighted by atomic mass is 35.5. The fourth-order valence-electron chi connectivity index (χ4n) is 5.98. The van der Waals surface area contributed by atoms with Crippen LogP contribution in [0.2, 0.25) is 0 Å². The van der Waals surface area contributed by atoms with Crippen molar-refractivity contribution in [3.05, 3.63) is 34.4 Å². The number of phenolic OH excluding ortho intramolecular Hbond substituents is 2. The summed E-state index contributed by atoms with van der Waals surface area (Å²) in [5.74, 6) is -2.38. The second kappa shape index (κ2) is 7.70. The maximum absolute atomic E-state index is 14.2. The number of phenols is 2. The molecule has 1 aliphatic heterocycles. The first-order chi connectivity index (χ1) is 15.5. The molecule has 4 rings (SSSR count). The Balaban J connectivity index is 1.99. The molecule has 1 saturated carbocycles. The maximum Gasteiger partial charge on any atom is 0.200 e. The number of ether oxygens (including phenoxy) is 1. The third-order valence-electron chi connectivity index (χ3n) is 8.31. The van der Waals surface area contributed by atoms with Crippen molar-refractivity contribution < 1.29 is 29.6 Å². The van der Waals surface area contributed by atoms with Gasteiger partial charge in [-0.05, 0) is 64.4 Å². The lowest BCUT2D eigenvalue weighted by Gasteiger charge is -2.55. The fraction of sp³-hybridized carbons (Fsp3) is 0.615. The molecule has 0 saturated heterocycles. The number of carbonyl (C=O) groups excluding carboxylic acids is 2. The first-order valence-electron chi connectivity index (χ1n) is 11.6. The molecule has 6 nitrogen and oxygen atoms in total. The van der Waals surface area contributed by atoms with Crippen LogP contribution in [0.5, 0.6) is 11.5 Å². The van der Waals surface area contributed by atoms with Crippen molar-refractivity contribution in [3.63, 3.8) is 0 Å². The smallest absolute Gasteiger partial charge is 0.200 e. The van der Waals surface area contributed by atoms with E-state index >= 15 is 0 Å². The predicted molar refractivity (Wildman–Crippen MR) is 130 cm³/mol. The first-order valence-corrected chi connectivity index (χ1v) is 12.4. The second-order valence-electron chi connectivity index (χ2n) is 11.4. The molecule has 1 aromatic rings. The zero-order valence-electron chi connectivity index (χ0n) is 20.3. The van der Waals surface area contributed by atoms with E-state index in [9.17, 15) is 24.9 Å². The van der Waals surface area contributed by atoms with Gasteiger partial charge in [-0.3, -0.25) is 9.59 Å². The van der Waals surface area contributed by atoms with Gasteiger partial charge in [0.2, 0.25) is 0 Å². The Kier molecular flexibility index (Phi) is 5.77. The molecule has 186 valence electrons. The van der Waals surface area contributed by atoms with Crippen LogP contribution in [-0.2, 0) is 4.74 Å². The fourth-order valence-corrected chi connectivity index (χ4v) is 6.42. The van der Waals surface area contributed by atoms with Crippen molar-refractivity contribution >= 4 is 34.8 Å². The third kappa shape index (κ3) is 3.44. The number of rotatable bonds is 2. The van der Waals surface area contributed by atoms with Crippen molar-refractivity contribution in [2.75, 3.05) is 0 Å². The molecule has 0 aromatic heterocycles. The minimum atomic E-state index is -1.76. The predicted octanol–water partition coefficient (Wildman–Crippen LogP) is 5.05. The summed E-state index contributed by atoms with van der Waals surface area (Å²) < 4.78 is 6.46. The summed E-state index contributed by atoms with van der Waals surface area (Å²) in [6, 6.07) is 1.21. The van der Waals surface area contributed by atoms with E-state index < -0.39 is 50.8 Å². The Morgan fingerprint density at radius 2 is 1.74 bits per heavy atom. The topological polar surface area (TPSA) is 104 Å². The number of halogens is 2. The molecule has 3 aliphatic rings. The molecular weight excluding hydrogens is 479 g/mol. The number of carbonyl (C=O) groups is 2. The Hall–Kier alpha value is -1.60. The highest BCUT2D eigenvalue weighted by Crippen LogP contribution is 2.57. The molecule has 3 N–H and O–H groups in total. The van der Waals surface area contributed by atoms with Crippen LogP contribution >= 0.6 is 23.2 Å². The van der Waals surface area contributed by atoms with Gasteiger partial charge in [-0.15, -0.1) is 23.2 Å². The van der Waals surface area contributed by atoms with E-state index in [1.165, 1.54) is 13.0 Å². The molecule has 0 amide bonds. The Morgan fingerprint density at radius 3 is 2.35 bits per heavy atom. The quantitative estimate of drug-likeness (QED) is 0.480. The lowest BCUT2D eigenvalue weighted by atomic mass is 9.56. The van der Waals surface area contributed by atoms with Gasteiger partial charge in [-0.1, -0.05) is 19.9 Å². The van der Waals surface area contributed by atoms with Crippen molar-refractivity contribution in [1.29, 1.82) is 0 Å². The van der Waals surface area contributed by atoms with Crippen molar-refractivity contribution in [2.45, 2.75) is 88.4 Å². The summed E-state index contributed by atoms with van der Waals surface area (Å²) in [4.78, 5) is 28.0. The van der Waals surface area contributed by atoms with Gasteiger partial charge in [0.1, 0.15) is 11.5 Å². The van der Waals surface area contributed by atoms with E-state index in [1.54, 1.807) is 26.8 Å². The minimum absolute atomic E-state index is 0.00545. The van der Waals surface area contributed by atoms with Crippen LogP contribution in [0.25, 0.3) is 0 Å². The van der Waals surface area contributed by atoms with Crippen molar-refractivity contribution in [1.82, 2.24) is 0 Å². The average molecular weight is 511 g/mol. The summed E-state index contributed by atoms with van der Waals surface area (Å²) in [6.07, 6.45) is 2.58. The molecule has 8 heteroatoms. The first kappa shape index (κ1) is 25.5. The van der Waals surface area contributed by atoms with Crippen LogP contribution in [0.15, 0.2) is 17.7 Å². The number of ketones is 2. The van der Waals surface area contributed by atoms with Crippen LogP contribution < -0.4 is 0 Å². The monoisotopic (exact) mass is 510 g/mol. The molecule has 5 atom stereocenters. The minimum Gasteiger partial charge on any atom is -0.508 e. The van der Waals surface area contributed by atoms with Gasteiger partial charge in [-0.2, -0.15) is 0 Å². The van der Waals surface area contributed by atoms with Gasteiger partial charge >= 0.3 is 0 Å². The summed E-state index contributed by atoms with van der Waals surface area (Å²) in [5, 5.41) is 31.5. The Morgan fingerprint density at radius 1 is 1.12 bits per heavy atom. The normalized spacial score (nSPS) is 36.5.